The first-order valence-electron chi connectivity index (χ1n) is 3.01. The molecule has 0 radical (unpaired) electrons. The molecule has 0 amide bonds. The molecule has 0 fully saturated rings. The molecule has 0 aliphatic heterocycles. The Labute approximate surface area is 58.2 Å². The minimum atomic E-state index is -2.41. The molecule has 9 heavy (non-hydrogen) atoms. The van der Waals surface area contributed by atoms with Crippen molar-refractivity contribution in [3.8, 4) is 0 Å². The van der Waals surface area contributed by atoms with Gasteiger partial charge in [0.2, 0.25) is 0 Å². The van der Waals surface area contributed by atoms with Crippen molar-refractivity contribution in [2.24, 2.45) is 0 Å². The first-order chi connectivity index (χ1) is 4.04. The van der Waals surface area contributed by atoms with Gasteiger partial charge in [-0.1, -0.05) is 6.92 Å². The standard InChI is InChI=1S/C5H15NO2S/c1-4-6(3)9(7,8)5-2/h7-8H,4-5H2,1-3H3. The van der Waals surface area contributed by atoms with Gasteiger partial charge >= 0.3 is 0 Å². The highest BCUT2D eigenvalue weighted by atomic mass is 32.3. The lowest BCUT2D eigenvalue weighted by molar-refractivity contribution is 0.394. The molecule has 0 aromatic heterocycles. The smallest absolute Gasteiger partial charge is 0.0502 e. The maximum absolute atomic E-state index is 9.16. The highest BCUT2D eigenvalue weighted by molar-refractivity contribution is 8.22. The van der Waals surface area contributed by atoms with Gasteiger partial charge in [-0.05, 0) is 6.92 Å². The van der Waals surface area contributed by atoms with Crippen LogP contribution >= 0.6 is 10.8 Å². The summed E-state index contributed by atoms with van der Waals surface area (Å²) in [4.78, 5) is 0. The van der Waals surface area contributed by atoms with Crippen LogP contribution in [0.2, 0.25) is 0 Å². The summed E-state index contributed by atoms with van der Waals surface area (Å²) >= 11 is 0. The maximum atomic E-state index is 9.16. The Morgan fingerprint density at radius 3 is 1.89 bits per heavy atom. The predicted octanol–water partition coefficient (Wildman–Crippen LogP) is 1.62. The van der Waals surface area contributed by atoms with Crippen molar-refractivity contribution in [3.63, 3.8) is 0 Å². The van der Waals surface area contributed by atoms with E-state index in [4.69, 9.17) is 9.11 Å². The van der Waals surface area contributed by atoms with Gasteiger partial charge in [0, 0.05) is 13.6 Å². The second-order valence-electron chi connectivity index (χ2n) is 1.87. The Hall–Kier alpha value is 0.230. The summed E-state index contributed by atoms with van der Waals surface area (Å²) in [5.74, 6) is 0.414. The van der Waals surface area contributed by atoms with E-state index in [9.17, 15) is 0 Å². The molecular weight excluding hydrogens is 138 g/mol. The van der Waals surface area contributed by atoms with Gasteiger partial charge in [-0.15, -0.1) is 10.8 Å². The third kappa shape index (κ3) is 2.53. The van der Waals surface area contributed by atoms with Gasteiger partial charge in [0.05, 0.1) is 5.75 Å². The second kappa shape index (κ2) is 3.41. The van der Waals surface area contributed by atoms with Gasteiger partial charge in [0.25, 0.3) is 0 Å². The maximum Gasteiger partial charge on any atom is 0.0502 e. The third-order valence-corrected chi connectivity index (χ3v) is 3.36. The number of hydrogen-bond donors (Lipinski definition) is 2. The largest absolute Gasteiger partial charge is 0.285 e. The molecule has 0 heterocycles. The highest BCUT2D eigenvalue weighted by Crippen LogP contribution is 2.40. The molecule has 0 aromatic rings. The van der Waals surface area contributed by atoms with Crippen molar-refractivity contribution in [1.29, 1.82) is 0 Å². The molecule has 0 spiro atoms. The van der Waals surface area contributed by atoms with E-state index < -0.39 is 10.8 Å². The Bertz CT molecular complexity index is 87.0. The molecule has 3 nitrogen and oxygen atoms in total. The Morgan fingerprint density at radius 1 is 1.33 bits per heavy atom. The zero-order valence-electron chi connectivity index (χ0n) is 6.16. The molecule has 4 heteroatoms. The van der Waals surface area contributed by atoms with Crippen LogP contribution in [0, 0.1) is 0 Å². The van der Waals surface area contributed by atoms with Crippen LogP contribution in [-0.4, -0.2) is 32.8 Å². The van der Waals surface area contributed by atoms with Gasteiger partial charge in [-0.25, -0.2) is 4.31 Å². The first-order valence-corrected chi connectivity index (χ1v) is 4.69. The van der Waals surface area contributed by atoms with Crippen LogP contribution in [-0.2, 0) is 0 Å². The van der Waals surface area contributed by atoms with Gasteiger partial charge in [-0.3, -0.25) is 9.11 Å². The van der Waals surface area contributed by atoms with Crippen molar-refractivity contribution in [2.75, 3.05) is 19.3 Å². The van der Waals surface area contributed by atoms with Crippen molar-refractivity contribution >= 4 is 10.8 Å². The van der Waals surface area contributed by atoms with E-state index in [-0.39, 0.29) is 0 Å². The summed E-state index contributed by atoms with van der Waals surface area (Å²) in [6.45, 7) is 4.33. The SMILES string of the molecule is CCN(C)S(O)(O)CC. The van der Waals surface area contributed by atoms with Crippen LogP contribution in [0.15, 0.2) is 0 Å². The lowest BCUT2D eigenvalue weighted by Crippen LogP contribution is -2.24. The number of nitrogens with zero attached hydrogens (tertiary/aromatic N) is 1. The summed E-state index contributed by atoms with van der Waals surface area (Å²) in [5.41, 5.74) is 0. The summed E-state index contributed by atoms with van der Waals surface area (Å²) in [5, 5.41) is 0. The number of rotatable bonds is 3. The van der Waals surface area contributed by atoms with E-state index in [1.807, 2.05) is 6.92 Å². The van der Waals surface area contributed by atoms with Crippen LogP contribution < -0.4 is 0 Å². The Balaban J connectivity index is 3.80. The molecule has 0 bridgehead atoms. The van der Waals surface area contributed by atoms with Crippen molar-refractivity contribution in [3.05, 3.63) is 0 Å². The fourth-order valence-corrected chi connectivity index (χ4v) is 1.28. The van der Waals surface area contributed by atoms with Gasteiger partial charge in [0.1, 0.15) is 0 Å². The topological polar surface area (TPSA) is 43.7 Å². The molecule has 0 aliphatic carbocycles. The summed E-state index contributed by atoms with van der Waals surface area (Å²) in [7, 11) is -0.708. The van der Waals surface area contributed by atoms with E-state index in [0.717, 1.165) is 0 Å². The van der Waals surface area contributed by atoms with Gasteiger partial charge < -0.3 is 0 Å². The fraction of sp³-hybridized carbons (Fsp3) is 1.00. The molecule has 0 aromatic carbocycles. The predicted molar refractivity (Wildman–Crippen MR) is 41.7 cm³/mol. The molecule has 58 valence electrons. The summed E-state index contributed by atoms with van der Waals surface area (Å²) in [6, 6.07) is 0. The molecule has 0 atom stereocenters. The summed E-state index contributed by atoms with van der Waals surface area (Å²) < 4.78 is 19.9. The summed E-state index contributed by atoms with van der Waals surface area (Å²) in [6.07, 6.45) is 0. The van der Waals surface area contributed by atoms with Crippen molar-refractivity contribution in [1.82, 2.24) is 4.31 Å². The molecule has 0 saturated carbocycles. The second-order valence-corrected chi connectivity index (χ2v) is 4.33. The Kier molecular flexibility index (Phi) is 3.50. The lowest BCUT2D eigenvalue weighted by Gasteiger charge is -2.39. The normalized spacial score (nSPS) is 14.4. The lowest BCUT2D eigenvalue weighted by atomic mass is 10.8. The molecule has 0 rings (SSSR count). The molecular formula is C5H15NO2S. The van der Waals surface area contributed by atoms with E-state index in [2.05, 4.69) is 0 Å². The van der Waals surface area contributed by atoms with Crippen molar-refractivity contribution < 1.29 is 9.11 Å². The van der Waals surface area contributed by atoms with E-state index in [1.165, 1.54) is 0 Å². The zero-order chi connectivity index (χ0) is 7.49. The molecule has 2 N–H and O–H groups in total. The number of hydrogen-bond acceptors (Lipinski definition) is 3. The van der Waals surface area contributed by atoms with Crippen LogP contribution in [0.3, 0.4) is 0 Å². The van der Waals surface area contributed by atoms with Crippen LogP contribution in [0.5, 0.6) is 0 Å². The van der Waals surface area contributed by atoms with E-state index >= 15 is 0 Å². The fourth-order valence-electron chi connectivity index (χ4n) is 0.427. The third-order valence-electron chi connectivity index (χ3n) is 1.33. The highest BCUT2D eigenvalue weighted by Gasteiger charge is 2.12. The monoisotopic (exact) mass is 153 g/mol. The van der Waals surface area contributed by atoms with Crippen LogP contribution in [0.4, 0.5) is 0 Å². The van der Waals surface area contributed by atoms with Gasteiger partial charge in [-0.2, -0.15) is 0 Å². The molecule has 0 unspecified atom stereocenters. The van der Waals surface area contributed by atoms with E-state index in [1.54, 1.807) is 18.3 Å². The zero-order valence-corrected chi connectivity index (χ0v) is 6.98. The van der Waals surface area contributed by atoms with Crippen molar-refractivity contribution in [2.45, 2.75) is 13.8 Å². The minimum Gasteiger partial charge on any atom is -0.285 e. The van der Waals surface area contributed by atoms with Crippen LogP contribution in [0.25, 0.3) is 0 Å². The molecule has 0 saturated heterocycles. The first kappa shape index (κ1) is 9.23. The Morgan fingerprint density at radius 2 is 1.78 bits per heavy atom. The average molecular weight is 153 g/mol. The minimum absolute atomic E-state index is 0.414. The quantitative estimate of drug-likeness (QED) is 0.647. The molecule has 0 aliphatic rings. The van der Waals surface area contributed by atoms with E-state index in [0.29, 0.717) is 12.3 Å². The van der Waals surface area contributed by atoms with Crippen LogP contribution in [0.1, 0.15) is 13.8 Å². The van der Waals surface area contributed by atoms with Gasteiger partial charge in [0.15, 0.2) is 0 Å². The average Bonchev–Trinajstić information content (AvgIpc) is 1.86.